The summed E-state index contributed by atoms with van der Waals surface area (Å²) in [6.07, 6.45) is 1.91. The number of nitrogens with two attached hydrogens (primary N) is 1. The summed E-state index contributed by atoms with van der Waals surface area (Å²) in [7, 11) is 0. The summed E-state index contributed by atoms with van der Waals surface area (Å²) in [5, 5.41) is 0. The summed E-state index contributed by atoms with van der Waals surface area (Å²) in [4.78, 5) is 6.48. The van der Waals surface area contributed by atoms with E-state index >= 15 is 0 Å². The fraction of sp³-hybridized carbons (Fsp3) is 0.182. The first-order chi connectivity index (χ1) is 7.25. The molecule has 0 spiro atoms. The number of aryl methyl sites for hydroxylation is 1. The predicted octanol–water partition coefficient (Wildman–Crippen LogP) is 3.33. The van der Waals surface area contributed by atoms with Gasteiger partial charge in [-0.05, 0) is 24.6 Å². The number of rotatable bonds is 3. The van der Waals surface area contributed by atoms with Gasteiger partial charge in [0.05, 0.1) is 5.51 Å². The fourth-order valence-electron chi connectivity index (χ4n) is 1.23. The number of benzene rings is 1. The number of anilines is 1. The van der Waals surface area contributed by atoms with Gasteiger partial charge in [-0.1, -0.05) is 6.07 Å². The van der Waals surface area contributed by atoms with Crippen LogP contribution in [-0.4, -0.2) is 4.98 Å². The van der Waals surface area contributed by atoms with Crippen molar-refractivity contribution in [2.45, 2.75) is 17.6 Å². The SMILES string of the molecule is Cc1ccc(N)c(SCc2cncs2)c1. The van der Waals surface area contributed by atoms with Gasteiger partial charge in [0.15, 0.2) is 0 Å². The zero-order chi connectivity index (χ0) is 10.7. The van der Waals surface area contributed by atoms with E-state index in [0.29, 0.717) is 0 Å². The van der Waals surface area contributed by atoms with E-state index in [1.807, 2.05) is 23.8 Å². The third kappa shape index (κ3) is 2.73. The molecule has 0 aliphatic rings. The molecule has 0 amide bonds. The Morgan fingerprint density at radius 1 is 1.47 bits per heavy atom. The van der Waals surface area contributed by atoms with Crippen molar-refractivity contribution in [3.8, 4) is 0 Å². The van der Waals surface area contributed by atoms with Gasteiger partial charge in [-0.15, -0.1) is 23.1 Å². The molecule has 78 valence electrons. The van der Waals surface area contributed by atoms with E-state index < -0.39 is 0 Å². The zero-order valence-electron chi connectivity index (χ0n) is 8.43. The van der Waals surface area contributed by atoms with Crippen molar-refractivity contribution >= 4 is 28.8 Å². The minimum absolute atomic E-state index is 0.857. The van der Waals surface area contributed by atoms with Crippen LogP contribution in [0.4, 0.5) is 5.69 Å². The van der Waals surface area contributed by atoms with Gasteiger partial charge in [0.1, 0.15) is 0 Å². The lowest BCUT2D eigenvalue weighted by molar-refractivity contribution is 1.34. The van der Waals surface area contributed by atoms with Crippen molar-refractivity contribution in [3.05, 3.63) is 40.3 Å². The second-order valence-corrected chi connectivity index (χ2v) is 5.29. The molecule has 1 aromatic carbocycles. The van der Waals surface area contributed by atoms with Crippen LogP contribution in [0.15, 0.2) is 34.8 Å². The van der Waals surface area contributed by atoms with E-state index in [1.54, 1.807) is 23.1 Å². The number of thiazole rings is 1. The average molecular weight is 236 g/mol. The van der Waals surface area contributed by atoms with Gasteiger partial charge in [-0.2, -0.15) is 0 Å². The Hall–Kier alpha value is -1.000. The number of thioether (sulfide) groups is 1. The van der Waals surface area contributed by atoms with Crippen LogP contribution in [0.3, 0.4) is 0 Å². The molecule has 0 unspecified atom stereocenters. The lowest BCUT2D eigenvalue weighted by atomic mass is 10.2. The van der Waals surface area contributed by atoms with Crippen molar-refractivity contribution in [2.75, 3.05) is 5.73 Å². The van der Waals surface area contributed by atoms with Crippen LogP contribution in [-0.2, 0) is 5.75 Å². The van der Waals surface area contributed by atoms with Gasteiger partial charge in [0.2, 0.25) is 0 Å². The van der Waals surface area contributed by atoms with Crippen LogP contribution in [0.5, 0.6) is 0 Å². The van der Waals surface area contributed by atoms with Crippen molar-refractivity contribution in [1.29, 1.82) is 0 Å². The highest BCUT2D eigenvalue weighted by Crippen LogP contribution is 2.29. The molecule has 0 atom stereocenters. The molecule has 2 nitrogen and oxygen atoms in total. The molecule has 0 saturated carbocycles. The van der Waals surface area contributed by atoms with E-state index in [-0.39, 0.29) is 0 Å². The molecular weight excluding hydrogens is 224 g/mol. The monoisotopic (exact) mass is 236 g/mol. The minimum atomic E-state index is 0.857. The third-order valence-electron chi connectivity index (χ3n) is 2.02. The van der Waals surface area contributed by atoms with E-state index in [9.17, 15) is 0 Å². The Bertz CT molecular complexity index is 438. The zero-order valence-corrected chi connectivity index (χ0v) is 10.1. The predicted molar refractivity (Wildman–Crippen MR) is 67.3 cm³/mol. The first-order valence-corrected chi connectivity index (χ1v) is 6.48. The second kappa shape index (κ2) is 4.68. The summed E-state index contributed by atoms with van der Waals surface area (Å²) >= 11 is 3.44. The van der Waals surface area contributed by atoms with Crippen LogP contribution < -0.4 is 5.73 Å². The number of aromatic nitrogens is 1. The van der Waals surface area contributed by atoms with Crippen molar-refractivity contribution < 1.29 is 0 Å². The maximum Gasteiger partial charge on any atom is 0.0794 e. The summed E-state index contributed by atoms with van der Waals surface area (Å²) in [6.45, 7) is 2.08. The Balaban J connectivity index is 2.07. The van der Waals surface area contributed by atoms with Crippen molar-refractivity contribution in [1.82, 2.24) is 4.98 Å². The lowest BCUT2D eigenvalue weighted by Gasteiger charge is -2.05. The number of nitrogen functional groups attached to an aromatic ring is 1. The molecule has 0 fully saturated rings. The van der Waals surface area contributed by atoms with Gasteiger partial charge < -0.3 is 5.73 Å². The molecular formula is C11H12N2S2. The van der Waals surface area contributed by atoms with Gasteiger partial charge in [0, 0.05) is 27.4 Å². The highest BCUT2D eigenvalue weighted by atomic mass is 32.2. The first kappa shape index (κ1) is 10.5. The first-order valence-electron chi connectivity index (χ1n) is 4.62. The highest BCUT2D eigenvalue weighted by molar-refractivity contribution is 7.98. The Kier molecular flexibility index (Phi) is 3.28. The standard InChI is InChI=1S/C11H12N2S2/c1-8-2-3-10(12)11(4-8)14-6-9-5-13-7-15-9/h2-5,7H,6,12H2,1H3. The Morgan fingerprint density at radius 3 is 3.07 bits per heavy atom. The van der Waals surface area contributed by atoms with Crippen LogP contribution in [0.25, 0.3) is 0 Å². The highest BCUT2D eigenvalue weighted by Gasteiger charge is 2.02. The Morgan fingerprint density at radius 2 is 2.33 bits per heavy atom. The van der Waals surface area contributed by atoms with Crippen molar-refractivity contribution in [3.63, 3.8) is 0 Å². The third-order valence-corrected chi connectivity index (χ3v) is 4.10. The van der Waals surface area contributed by atoms with E-state index in [1.165, 1.54) is 10.4 Å². The molecule has 2 rings (SSSR count). The van der Waals surface area contributed by atoms with Gasteiger partial charge in [-0.3, -0.25) is 4.98 Å². The maximum absolute atomic E-state index is 5.90. The molecule has 0 aliphatic heterocycles. The van der Waals surface area contributed by atoms with E-state index in [2.05, 4.69) is 18.0 Å². The van der Waals surface area contributed by atoms with E-state index in [4.69, 9.17) is 5.73 Å². The van der Waals surface area contributed by atoms with Crippen LogP contribution in [0.2, 0.25) is 0 Å². The molecule has 0 bridgehead atoms. The normalized spacial score (nSPS) is 10.5. The largest absolute Gasteiger partial charge is 0.398 e. The van der Waals surface area contributed by atoms with Crippen LogP contribution >= 0.6 is 23.1 Å². The fourth-order valence-corrected chi connectivity index (χ4v) is 2.93. The quantitative estimate of drug-likeness (QED) is 0.656. The molecule has 2 aromatic rings. The van der Waals surface area contributed by atoms with Gasteiger partial charge in [0.25, 0.3) is 0 Å². The smallest absolute Gasteiger partial charge is 0.0794 e. The Labute approximate surface area is 97.5 Å². The number of hydrogen-bond donors (Lipinski definition) is 1. The maximum atomic E-state index is 5.90. The molecule has 0 aliphatic carbocycles. The number of nitrogens with zero attached hydrogens (tertiary/aromatic N) is 1. The molecule has 4 heteroatoms. The summed E-state index contributed by atoms with van der Waals surface area (Å²) < 4.78 is 0. The summed E-state index contributed by atoms with van der Waals surface area (Å²) in [6, 6.07) is 6.12. The van der Waals surface area contributed by atoms with Crippen molar-refractivity contribution in [2.24, 2.45) is 0 Å². The second-order valence-electron chi connectivity index (χ2n) is 3.30. The van der Waals surface area contributed by atoms with Gasteiger partial charge >= 0.3 is 0 Å². The van der Waals surface area contributed by atoms with Crippen LogP contribution in [0.1, 0.15) is 10.4 Å². The number of hydrogen-bond acceptors (Lipinski definition) is 4. The molecule has 0 radical (unpaired) electrons. The average Bonchev–Trinajstić information content (AvgIpc) is 2.72. The van der Waals surface area contributed by atoms with Gasteiger partial charge in [-0.25, -0.2) is 0 Å². The topological polar surface area (TPSA) is 38.9 Å². The lowest BCUT2D eigenvalue weighted by Crippen LogP contribution is -1.89. The summed E-state index contributed by atoms with van der Waals surface area (Å²) in [5.41, 5.74) is 9.86. The minimum Gasteiger partial charge on any atom is -0.398 e. The molecule has 15 heavy (non-hydrogen) atoms. The van der Waals surface area contributed by atoms with Crippen LogP contribution in [0, 0.1) is 6.92 Å². The van der Waals surface area contributed by atoms with E-state index in [0.717, 1.165) is 16.3 Å². The molecule has 0 saturated heterocycles. The molecule has 1 heterocycles. The molecule has 1 aromatic heterocycles. The summed E-state index contributed by atoms with van der Waals surface area (Å²) in [5.74, 6) is 0.943. The molecule has 2 N–H and O–H groups in total.